The molecule has 7 aliphatic carbocycles. The molecule has 7 aliphatic rings. The van der Waals surface area contributed by atoms with Gasteiger partial charge in [0.2, 0.25) is 0 Å². The molecule has 2 heteroatoms. The number of hydrogen-bond acceptors (Lipinski definition) is 2. The third-order valence-electron chi connectivity index (χ3n) is 12.0. The summed E-state index contributed by atoms with van der Waals surface area (Å²) in [5, 5.41) is 0. The van der Waals surface area contributed by atoms with Crippen molar-refractivity contribution in [3.05, 3.63) is 59.7 Å². The van der Waals surface area contributed by atoms with Crippen LogP contribution < -0.4 is 9.47 Å². The van der Waals surface area contributed by atoms with Gasteiger partial charge in [-0.15, -0.1) is 0 Å². The highest BCUT2D eigenvalue weighted by Gasteiger charge is 2.70. The molecular weight excluding hydrogens is 464 g/mol. The Kier molecular flexibility index (Phi) is 6.52. The summed E-state index contributed by atoms with van der Waals surface area (Å²) in [7, 11) is 0. The van der Waals surface area contributed by atoms with E-state index in [4.69, 9.17) is 9.47 Å². The molecule has 2 aromatic carbocycles. The Morgan fingerprint density at radius 2 is 0.816 bits per heavy atom. The number of rotatable bonds is 12. The minimum atomic E-state index is 0.443. The van der Waals surface area contributed by atoms with Crippen LogP contribution in [0, 0.1) is 35.5 Å². The Hall–Kier alpha value is -1.96. The molecule has 0 spiro atoms. The summed E-state index contributed by atoms with van der Waals surface area (Å²) in [6.07, 6.45) is 16.0. The number of benzene rings is 2. The topological polar surface area (TPSA) is 18.5 Å². The first-order chi connectivity index (χ1) is 18.6. The van der Waals surface area contributed by atoms with Crippen LogP contribution in [0.3, 0.4) is 0 Å². The molecule has 0 atom stereocenters. The molecule has 7 saturated carbocycles. The van der Waals surface area contributed by atoms with Crippen LogP contribution in [0.4, 0.5) is 0 Å². The molecule has 0 amide bonds. The van der Waals surface area contributed by atoms with Crippen molar-refractivity contribution in [2.24, 2.45) is 35.5 Å². The van der Waals surface area contributed by atoms with E-state index in [1.807, 2.05) is 0 Å². The van der Waals surface area contributed by atoms with Crippen molar-refractivity contribution in [3.63, 3.8) is 0 Å². The van der Waals surface area contributed by atoms with Crippen molar-refractivity contribution in [3.8, 4) is 11.5 Å². The number of unbranched alkanes of at least 4 members (excludes halogenated alkanes) is 4. The fourth-order valence-corrected chi connectivity index (χ4v) is 10.5. The third kappa shape index (κ3) is 4.03. The van der Waals surface area contributed by atoms with E-state index >= 15 is 0 Å². The Morgan fingerprint density at radius 1 is 0.500 bits per heavy atom. The van der Waals surface area contributed by atoms with Crippen molar-refractivity contribution >= 4 is 0 Å². The Balaban J connectivity index is 1.05. The molecule has 9 rings (SSSR count). The molecule has 2 nitrogen and oxygen atoms in total. The van der Waals surface area contributed by atoms with E-state index < -0.39 is 0 Å². The smallest absolute Gasteiger partial charge is 0.119 e. The summed E-state index contributed by atoms with van der Waals surface area (Å²) in [4.78, 5) is 0. The highest BCUT2D eigenvalue weighted by Crippen LogP contribution is 2.77. The van der Waals surface area contributed by atoms with Gasteiger partial charge in [0.15, 0.2) is 0 Å². The molecule has 0 radical (unpaired) electrons. The van der Waals surface area contributed by atoms with Gasteiger partial charge in [-0.25, -0.2) is 0 Å². The highest BCUT2D eigenvalue weighted by atomic mass is 16.5. The summed E-state index contributed by atoms with van der Waals surface area (Å²) in [6.45, 7) is 6.21. The molecule has 0 aromatic heterocycles. The fourth-order valence-electron chi connectivity index (χ4n) is 10.5. The Morgan fingerprint density at radius 3 is 1.11 bits per heavy atom. The molecule has 0 aliphatic heterocycles. The second kappa shape index (κ2) is 9.90. The monoisotopic (exact) mass is 512 g/mol. The first kappa shape index (κ1) is 25.0. The summed E-state index contributed by atoms with van der Waals surface area (Å²) in [5.41, 5.74) is 4.13. The normalized spacial score (nSPS) is 37.6. The van der Waals surface area contributed by atoms with Gasteiger partial charge in [-0.3, -0.25) is 0 Å². The molecule has 0 saturated heterocycles. The summed E-state index contributed by atoms with van der Waals surface area (Å²) < 4.78 is 12.1. The largest absolute Gasteiger partial charge is 0.494 e. The van der Waals surface area contributed by atoms with Gasteiger partial charge >= 0.3 is 0 Å². The van der Waals surface area contributed by atoms with Crippen molar-refractivity contribution in [2.45, 2.75) is 102 Å². The maximum atomic E-state index is 6.05. The average molecular weight is 513 g/mol. The Bertz CT molecular complexity index is 947. The molecule has 0 N–H and O–H groups in total. The molecule has 204 valence electrons. The Labute approximate surface area is 230 Å². The predicted molar refractivity (Wildman–Crippen MR) is 155 cm³/mol. The van der Waals surface area contributed by atoms with Crippen LogP contribution in [0.15, 0.2) is 48.5 Å². The van der Waals surface area contributed by atoms with E-state index in [9.17, 15) is 0 Å². The molecule has 38 heavy (non-hydrogen) atoms. The van der Waals surface area contributed by atoms with Crippen LogP contribution in [-0.4, -0.2) is 13.2 Å². The lowest BCUT2D eigenvalue weighted by Gasteiger charge is -2.75. The first-order valence-corrected chi connectivity index (χ1v) is 16.1. The minimum absolute atomic E-state index is 0.443. The second-order valence-electron chi connectivity index (χ2n) is 13.9. The van der Waals surface area contributed by atoms with Gasteiger partial charge in [-0.05, 0) is 133 Å². The van der Waals surface area contributed by atoms with Gasteiger partial charge in [0.05, 0.1) is 13.2 Å². The van der Waals surface area contributed by atoms with Crippen LogP contribution in [-0.2, 0) is 10.8 Å². The fraction of sp³-hybridized carbons (Fsp3) is 0.667. The molecule has 0 unspecified atom stereocenters. The lowest BCUT2D eigenvalue weighted by Crippen LogP contribution is -2.69. The van der Waals surface area contributed by atoms with E-state index in [2.05, 4.69) is 62.4 Å². The number of hydrogen-bond donors (Lipinski definition) is 0. The molecule has 8 bridgehead atoms. The van der Waals surface area contributed by atoms with Crippen LogP contribution in [0.2, 0.25) is 0 Å². The zero-order chi connectivity index (χ0) is 25.7. The van der Waals surface area contributed by atoms with Crippen LogP contribution in [0.25, 0.3) is 0 Å². The zero-order valence-corrected chi connectivity index (χ0v) is 23.8. The third-order valence-corrected chi connectivity index (χ3v) is 12.0. The highest BCUT2D eigenvalue weighted by molar-refractivity contribution is 5.40. The summed E-state index contributed by atoms with van der Waals surface area (Å²) in [5.74, 6) is 7.89. The van der Waals surface area contributed by atoms with E-state index in [0.29, 0.717) is 10.8 Å². The molecule has 0 heterocycles. The molecule has 7 fully saturated rings. The number of ether oxygens (including phenoxy) is 2. The van der Waals surface area contributed by atoms with Crippen molar-refractivity contribution in [1.29, 1.82) is 0 Å². The van der Waals surface area contributed by atoms with Gasteiger partial charge in [-0.2, -0.15) is 0 Å². The van der Waals surface area contributed by atoms with Gasteiger partial charge < -0.3 is 9.47 Å². The van der Waals surface area contributed by atoms with Gasteiger partial charge in [0.25, 0.3) is 0 Å². The SMILES string of the molecule is CCCCCOc1ccc(C23CC4C5CC6(c7ccc(OCCCCC)cc7)CC4C(C2)C(C6)C5C3)cc1. The van der Waals surface area contributed by atoms with E-state index in [1.165, 1.54) is 64.2 Å². The first-order valence-electron chi connectivity index (χ1n) is 16.1. The maximum Gasteiger partial charge on any atom is 0.119 e. The lowest BCUT2D eigenvalue weighted by atomic mass is 9.29. The van der Waals surface area contributed by atoms with Crippen molar-refractivity contribution < 1.29 is 9.47 Å². The quantitative estimate of drug-likeness (QED) is 0.264. The second-order valence-corrected chi connectivity index (χ2v) is 13.9. The molecule has 2 aromatic rings. The predicted octanol–water partition coefficient (Wildman–Crippen LogP) is 9.11. The average Bonchev–Trinajstić information content (AvgIpc) is 2.96. The van der Waals surface area contributed by atoms with E-state index in [0.717, 1.165) is 73.1 Å². The summed E-state index contributed by atoms with van der Waals surface area (Å²) >= 11 is 0. The van der Waals surface area contributed by atoms with Crippen LogP contribution in [0.5, 0.6) is 11.5 Å². The standard InChI is InChI=1S/C36H48O2/c1-3-5-7-17-37-27-13-9-25(10-14-27)35-19-29-32-22-36(23-33(29)31(21-35)34(24-36)30(32)20-35)26-11-15-28(16-12-26)38-18-8-6-4-2/h9-16,29-34H,3-8,17-24H2,1-2H3. The van der Waals surface area contributed by atoms with Crippen LogP contribution in [0.1, 0.15) is 102 Å². The maximum absolute atomic E-state index is 6.05. The van der Waals surface area contributed by atoms with Crippen molar-refractivity contribution in [2.75, 3.05) is 13.2 Å². The minimum Gasteiger partial charge on any atom is -0.494 e. The van der Waals surface area contributed by atoms with Gasteiger partial charge in [-0.1, -0.05) is 63.8 Å². The lowest BCUT2D eigenvalue weighted by molar-refractivity contribution is -0.221. The zero-order valence-electron chi connectivity index (χ0n) is 23.8. The van der Waals surface area contributed by atoms with Gasteiger partial charge in [0.1, 0.15) is 11.5 Å². The summed E-state index contributed by atoms with van der Waals surface area (Å²) in [6, 6.07) is 18.8. The van der Waals surface area contributed by atoms with E-state index in [1.54, 1.807) is 11.1 Å². The molecular formula is C36H48O2. The van der Waals surface area contributed by atoms with Gasteiger partial charge in [0, 0.05) is 0 Å². The van der Waals surface area contributed by atoms with Crippen molar-refractivity contribution in [1.82, 2.24) is 0 Å². The van der Waals surface area contributed by atoms with E-state index in [-0.39, 0.29) is 0 Å². The van der Waals surface area contributed by atoms with Crippen LogP contribution >= 0.6 is 0 Å².